The first-order valence-electron chi connectivity index (χ1n) is 13.2. The molecule has 0 saturated heterocycles. The Morgan fingerprint density at radius 1 is 1.25 bits per heavy atom. The van der Waals surface area contributed by atoms with E-state index >= 15 is 8.78 Å². The van der Waals surface area contributed by atoms with Gasteiger partial charge in [-0.15, -0.1) is 0 Å². The average molecular weight is 572 g/mol. The summed E-state index contributed by atoms with van der Waals surface area (Å²) in [5.41, 5.74) is 4.58. The van der Waals surface area contributed by atoms with E-state index in [1.54, 1.807) is 30.6 Å². The minimum absolute atomic E-state index is 0.168. The van der Waals surface area contributed by atoms with Crippen LogP contribution in [0.3, 0.4) is 0 Å². The molecule has 1 aliphatic carbocycles. The van der Waals surface area contributed by atoms with Crippen LogP contribution in [0.4, 0.5) is 8.78 Å². The smallest absolute Gasteiger partial charge is 0.252 e. The third kappa shape index (κ3) is 4.70. The Balaban J connectivity index is 1.63. The van der Waals surface area contributed by atoms with Crippen molar-refractivity contribution in [2.45, 2.75) is 62.7 Å². The zero-order valence-corrected chi connectivity index (χ0v) is 23.3. The maximum Gasteiger partial charge on any atom is 0.252 e. The van der Waals surface area contributed by atoms with Gasteiger partial charge in [0.15, 0.2) is 23.0 Å². The molecule has 7 nitrogen and oxygen atoms in total. The molecule has 1 fully saturated rings. The maximum atomic E-state index is 15.9. The zero-order chi connectivity index (χ0) is 28.8. The van der Waals surface area contributed by atoms with Gasteiger partial charge in [0.1, 0.15) is 10.8 Å². The second-order valence-electron chi connectivity index (χ2n) is 10.9. The number of pyridine rings is 1. The summed E-state index contributed by atoms with van der Waals surface area (Å²) < 4.78 is 43.0. The monoisotopic (exact) mass is 571 g/mol. The normalized spacial score (nSPS) is 25.8. The molecule has 0 unspecified atom stereocenters. The van der Waals surface area contributed by atoms with Crippen LogP contribution in [-0.2, 0) is 5.60 Å². The molecule has 5 rings (SSSR count). The minimum atomic E-state index is -1.16. The van der Waals surface area contributed by atoms with E-state index in [4.69, 9.17) is 26.8 Å². The van der Waals surface area contributed by atoms with Crippen LogP contribution in [0.25, 0.3) is 11.1 Å². The van der Waals surface area contributed by atoms with Crippen molar-refractivity contribution in [2.24, 2.45) is 5.73 Å². The number of aromatic nitrogens is 1. The van der Waals surface area contributed by atoms with Crippen LogP contribution in [-0.4, -0.2) is 41.3 Å². The highest BCUT2D eigenvalue weighted by Crippen LogP contribution is 2.54. The Bertz CT molecular complexity index is 1440. The standard InChI is InChI=1S/C30H32ClF2N3O4/c1-16-21-19(22-23(28(34)37)25(32)24(31)27(39-3)26(22)33)7-4-8-20(21)40-30(16,17-6-5-13-35-14-17)15-36-18-9-11-29(2,38)12-10-18/h4-8,13-14,16,18,36,38H,9-12,15H2,1-3H3,(H2,34,37)/t16-,18?,29?,30-/m0/s1. The van der Waals surface area contributed by atoms with Crippen molar-refractivity contribution in [1.82, 2.24) is 10.3 Å². The lowest BCUT2D eigenvalue weighted by atomic mass is 9.77. The number of primary amides is 1. The summed E-state index contributed by atoms with van der Waals surface area (Å²) in [5, 5.41) is 13.4. The largest absolute Gasteiger partial charge is 0.492 e. The molecule has 2 heterocycles. The van der Waals surface area contributed by atoms with Crippen molar-refractivity contribution < 1.29 is 28.2 Å². The highest BCUT2D eigenvalue weighted by Gasteiger charge is 2.49. The van der Waals surface area contributed by atoms with E-state index in [0.717, 1.165) is 18.4 Å². The van der Waals surface area contributed by atoms with Gasteiger partial charge in [0, 0.05) is 47.6 Å². The summed E-state index contributed by atoms with van der Waals surface area (Å²) in [6, 6.07) is 8.92. The molecule has 10 heteroatoms. The fourth-order valence-electron chi connectivity index (χ4n) is 6.07. The number of hydrogen-bond donors (Lipinski definition) is 3. The van der Waals surface area contributed by atoms with Crippen LogP contribution in [0.15, 0.2) is 42.7 Å². The van der Waals surface area contributed by atoms with Gasteiger partial charge >= 0.3 is 0 Å². The van der Waals surface area contributed by atoms with Crippen LogP contribution in [0.5, 0.6) is 11.5 Å². The fraction of sp³-hybridized carbons (Fsp3) is 0.400. The summed E-state index contributed by atoms with van der Waals surface area (Å²) >= 11 is 6.01. The third-order valence-corrected chi connectivity index (χ3v) is 8.69. The van der Waals surface area contributed by atoms with E-state index in [-0.39, 0.29) is 17.2 Å². The number of amides is 1. The summed E-state index contributed by atoms with van der Waals surface area (Å²) in [6.45, 7) is 4.19. The molecule has 0 bridgehead atoms. The number of rotatable bonds is 7. The molecule has 0 spiro atoms. The number of carbonyl (C=O) groups is 1. The molecule has 4 N–H and O–H groups in total. The van der Waals surface area contributed by atoms with Gasteiger partial charge in [0.05, 0.1) is 18.3 Å². The molecule has 2 atom stereocenters. The van der Waals surface area contributed by atoms with Crippen molar-refractivity contribution in [3.05, 3.63) is 76.1 Å². The molecule has 212 valence electrons. The van der Waals surface area contributed by atoms with Crippen LogP contribution in [0.1, 0.15) is 66.9 Å². The van der Waals surface area contributed by atoms with Crippen molar-refractivity contribution in [3.8, 4) is 22.6 Å². The summed E-state index contributed by atoms with van der Waals surface area (Å²) in [5.74, 6) is -3.75. The predicted molar refractivity (Wildman–Crippen MR) is 148 cm³/mol. The molecular weight excluding hydrogens is 540 g/mol. The molecule has 0 radical (unpaired) electrons. The quantitative estimate of drug-likeness (QED) is 0.325. The van der Waals surface area contributed by atoms with Crippen molar-refractivity contribution in [2.75, 3.05) is 13.7 Å². The van der Waals surface area contributed by atoms with Crippen LogP contribution in [0, 0.1) is 11.6 Å². The zero-order valence-electron chi connectivity index (χ0n) is 22.6. The second kappa shape index (κ2) is 10.6. The lowest BCUT2D eigenvalue weighted by Crippen LogP contribution is -2.49. The molecular formula is C30H32ClF2N3O4. The molecule has 1 aliphatic heterocycles. The van der Waals surface area contributed by atoms with Gasteiger partial charge in [-0.1, -0.05) is 36.7 Å². The molecule has 3 aromatic rings. The van der Waals surface area contributed by atoms with E-state index in [1.165, 1.54) is 7.11 Å². The van der Waals surface area contributed by atoms with Crippen LogP contribution < -0.4 is 20.5 Å². The predicted octanol–water partition coefficient (Wildman–Crippen LogP) is 5.46. The first-order chi connectivity index (χ1) is 19.0. The second-order valence-corrected chi connectivity index (χ2v) is 11.3. The number of methoxy groups -OCH3 is 1. The van der Waals surface area contributed by atoms with E-state index in [2.05, 4.69) is 10.3 Å². The lowest BCUT2D eigenvalue weighted by molar-refractivity contribution is 0.00888. The number of carbonyl (C=O) groups excluding carboxylic acids is 1. The molecule has 1 saturated carbocycles. The van der Waals surface area contributed by atoms with Gasteiger partial charge in [-0.2, -0.15) is 0 Å². The summed E-state index contributed by atoms with van der Waals surface area (Å²) in [4.78, 5) is 16.7. The lowest BCUT2D eigenvalue weighted by Gasteiger charge is -2.38. The Morgan fingerprint density at radius 3 is 2.60 bits per heavy atom. The van der Waals surface area contributed by atoms with E-state index < -0.39 is 51.0 Å². The molecule has 40 heavy (non-hydrogen) atoms. The van der Waals surface area contributed by atoms with Gasteiger partial charge in [-0.05, 0) is 50.3 Å². The molecule has 1 amide bonds. The van der Waals surface area contributed by atoms with E-state index in [0.29, 0.717) is 30.7 Å². The third-order valence-electron chi connectivity index (χ3n) is 8.36. The summed E-state index contributed by atoms with van der Waals surface area (Å²) in [7, 11) is 1.17. The number of fused-ring (bicyclic) bond motifs is 1. The average Bonchev–Trinajstić information content (AvgIpc) is 3.23. The van der Waals surface area contributed by atoms with E-state index in [1.807, 2.05) is 26.0 Å². The molecule has 1 aromatic heterocycles. The van der Waals surface area contributed by atoms with Crippen LogP contribution in [0.2, 0.25) is 5.02 Å². The Kier molecular flexibility index (Phi) is 7.50. The summed E-state index contributed by atoms with van der Waals surface area (Å²) in [6.07, 6.45) is 6.38. The molecule has 2 aliphatic rings. The minimum Gasteiger partial charge on any atom is -0.492 e. The SMILES string of the molecule is COc1c(F)c(-c2cccc3c2[C@H](C)[C@@](CNC2CCC(C)(O)CC2)(c2cccnc2)O3)c(C(N)=O)c(F)c1Cl. The number of nitrogens with one attached hydrogen (secondary N) is 1. The number of nitrogens with zero attached hydrogens (tertiary/aromatic N) is 1. The van der Waals surface area contributed by atoms with Crippen molar-refractivity contribution >= 4 is 17.5 Å². The fourth-order valence-corrected chi connectivity index (χ4v) is 6.33. The highest BCUT2D eigenvalue weighted by atomic mass is 35.5. The Morgan fingerprint density at radius 2 is 1.98 bits per heavy atom. The Hall–Kier alpha value is -3.27. The van der Waals surface area contributed by atoms with Gasteiger partial charge < -0.3 is 25.6 Å². The topological polar surface area (TPSA) is 107 Å². The maximum absolute atomic E-state index is 15.9. The van der Waals surface area contributed by atoms with Gasteiger partial charge in [0.25, 0.3) is 5.91 Å². The van der Waals surface area contributed by atoms with Gasteiger partial charge in [0.2, 0.25) is 0 Å². The first kappa shape index (κ1) is 28.3. The van der Waals surface area contributed by atoms with Gasteiger partial charge in [-0.3, -0.25) is 9.78 Å². The first-order valence-corrected chi connectivity index (χ1v) is 13.6. The number of ether oxygens (including phenoxy) is 2. The van der Waals surface area contributed by atoms with E-state index in [9.17, 15) is 9.90 Å². The number of benzene rings is 2. The number of hydrogen-bond acceptors (Lipinski definition) is 6. The van der Waals surface area contributed by atoms with Gasteiger partial charge in [-0.25, -0.2) is 8.78 Å². The number of nitrogens with two attached hydrogens (primary N) is 1. The Labute approximate surface area is 236 Å². The van der Waals surface area contributed by atoms with Crippen molar-refractivity contribution in [3.63, 3.8) is 0 Å². The van der Waals surface area contributed by atoms with Crippen molar-refractivity contribution in [1.29, 1.82) is 0 Å². The number of aliphatic hydroxyl groups is 1. The number of halogens is 3. The van der Waals surface area contributed by atoms with Crippen LogP contribution >= 0.6 is 11.6 Å². The molecule has 2 aromatic carbocycles. The highest BCUT2D eigenvalue weighted by molar-refractivity contribution is 6.33.